The number of carbonyl (C=O) groups is 1. The summed E-state index contributed by atoms with van der Waals surface area (Å²) in [5.41, 5.74) is 2.51. The predicted molar refractivity (Wildman–Crippen MR) is 58.4 cm³/mol. The number of fused-ring (bicyclic) bond motifs is 1. The summed E-state index contributed by atoms with van der Waals surface area (Å²) in [6.45, 7) is 3.62. The number of esters is 1. The van der Waals surface area contributed by atoms with Crippen LogP contribution < -0.4 is 0 Å². The Labute approximate surface area is 90.3 Å². The van der Waals surface area contributed by atoms with E-state index >= 15 is 0 Å². The van der Waals surface area contributed by atoms with Crippen LogP contribution in [0.4, 0.5) is 0 Å². The Morgan fingerprint density at radius 3 is 2.87 bits per heavy atom. The maximum Gasteiger partial charge on any atom is 0.303 e. The van der Waals surface area contributed by atoms with Crippen molar-refractivity contribution in [2.45, 2.75) is 32.8 Å². The van der Waals surface area contributed by atoms with Crippen LogP contribution in [0.25, 0.3) is 0 Å². The summed E-state index contributed by atoms with van der Waals surface area (Å²) in [7, 11) is 0. The Morgan fingerprint density at radius 1 is 1.40 bits per heavy atom. The van der Waals surface area contributed by atoms with Gasteiger partial charge in [-0.2, -0.15) is 0 Å². The Hall–Kier alpha value is -1.31. The first-order valence-corrected chi connectivity index (χ1v) is 5.43. The average Bonchev–Trinajstić information content (AvgIpc) is 2.22. The molecule has 1 aromatic rings. The molecule has 0 spiro atoms. The molecule has 1 aromatic carbocycles. The summed E-state index contributed by atoms with van der Waals surface area (Å²) >= 11 is 0. The van der Waals surface area contributed by atoms with E-state index in [1.165, 1.54) is 18.1 Å². The second kappa shape index (κ2) is 4.05. The van der Waals surface area contributed by atoms with Crippen molar-refractivity contribution in [2.75, 3.05) is 0 Å². The van der Waals surface area contributed by atoms with Crippen LogP contribution in [0.1, 0.15) is 37.5 Å². The first-order chi connectivity index (χ1) is 7.18. The molecule has 0 heterocycles. The van der Waals surface area contributed by atoms with Crippen molar-refractivity contribution in [1.82, 2.24) is 0 Å². The van der Waals surface area contributed by atoms with Crippen LogP contribution in [0, 0.1) is 5.92 Å². The van der Waals surface area contributed by atoms with Crippen LogP contribution in [0.3, 0.4) is 0 Å². The van der Waals surface area contributed by atoms with Crippen LogP contribution in [-0.2, 0) is 16.0 Å². The fourth-order valence-electron chi connectivity index (χ4n) is 2.24. The normalized spacial score (nSPS) is 24.4. The third kappa shape index (κ3) is 2.04. The summed E-state index contributed by atoms with van der Waals surface area (Å²) in [5, 5.41) is 0. The highest BCUT2D eigenvalue weighted by atomic mass is 16.5. The van der Waals surface area contributed by atoms with Gasteiger partial charge in [-0.1, -0.05) is 31.2 Å². The van der Waals surface area contributed by atoms with Crippen LogP contribution in [0.2, 0.25) is 0 Å². The lowest BCUT2D eigenvalue weighted by atomic mass is 9.82. The molecule has 1 aliphatic carbocycles. The second-order valence-electron chi connectivity index (χ2n) is 4.24. The van der Waals surface area contributed by atoms with E-state index in [9.17, 15) is 4.79 Å². The van der Waals surface area contributed by atoms with Gasteiger partial charge in [0.15, 0.2) is 0 Å². The molecule has 0 aromatic heterocycles. The summed E-state index contributed by atoms with van der Waals surface area (Å²) in [5.74, 6) is 0.229. The first kappa shape index (κ1) is 10.2. The topological polar surface area (TPSA) is 26.3 Å². The number of carbonyl (C=O) groups excluding carboxylic acids is 1. The van der Waals surface area contributed by atoms with Crippen LogP contribution in [0.5, 0.6) is 0 Å². The SMILES string of the molecule is CC(=O)O[C@@H]1c2ccccc2CC[C@@H]1C. The van der Waals surface area contributed by atoms with Crippen molar-refractivity contribution in [3.05, 3.63) is 35.4 Å². The highest BCUT2D eigenvalue weighted by Gasteiger charge is 2.28. The van der Waals surface area contributed by atoms with Crippen molar-refractivity contribution in [3.8, 4) is 0 Å². The van der Waals surface area contributed by atoms with Gasteiger partial charge in [0.1, 0.15) is 6.10 Å². The van der Waals surface area contributed by atoms with E-state index < -0.39 is 0 Å². The van der Waals surface area contributed by atoms with E-state index in [4.69, 9.17) is 4.74 Å². The third-order valence-corrected chi connectivity index (χ3v) is 3.04. The zero-order valence-electron chi connectivity index (χ0n) is 9.19. The molecule has 0 aliphatic heterocycles. The lowest BCUT2D eigenvalue weighted by Gasteiger charge is -2.30. The van der Waals surface area contributed by atoms with Gasteiger partial charge >= 0.3 is 5.97 Å². The molecule has 0 radical (unpaired) electrons. The quantitative estimate of drug-likeness (QED) is 0.657. The molecular formula is C13H16O2. The number of rotatable bonds is 1. The highest BCUT2D eigenvalue weighted by molar-refractivity contribution is 5.66. The smallest absolute Gasteiger partial charge is 0.303 e. The molecule has 80 valence electrons. The molecule has 0 fully saturated rings. The number of hydrogen-bond donors (Lipinski definition) is 0. The van der Waals surface area contributed by atoms with Gasteiger partial charge in [-0.3, -0.25) is 4.79 Å². The number of hydrogen-bond acceptors (Lipinski definition) is 2. The third-order valence-electron chi connectivity index (χ3n) is 3.04. The minimum absolute atomic E-state index is 0.0487. The van der Waals surface area contributed by atoms with Crippen molar-refractivity contribution in [3.63, 3.8) is 0 Å². The Morgan fingerprint density at radius 2 is 2.13 bits per heavy atom. The lowest BCUT2D eigenvalue weighted by molar-refractivity contribution is -0.149. The maximum atomic E-state index is 11.0. The van der Waals surface area contributed by atoms with Gasteiger partial charge in [0.05, 0.1) is 0 Å². The Bertz CT molecular complexity index is 371. The van der Waals surface area contributed by atoms with Gasteiger partial charge in [0.2, 0.25) is 0 Å². The molecule has 2 nitrogen and oxygen atoms in total. The molecule has 0 bridgehead atoms. The highest BCUT2D eigenvalue weighted by Crippen LogP contribution is 2.36. The number of benzene rings is 1. The van der Waals surface area contributed by atoms with Crippen molar-refractivity contribution >= 4 is 5.97 Å². The van der Waals surface area contributed by atoms with Gasteiger partial charge in [-0.15, -0.1) is 0 Å². The first-order valence-electron chi connectivity index (χ1n) is 5.43. The van der Waals surface area contributed by atoms with Crippen molar-refractivity contribution in [1.29, 1.82) is 0 Å². The second-order valence-corrected chi connectivity index (χ2v) is 4.24. The minimum atomic E-state index is -0.191. The van der Waals surface area contributed by atoms with E-state index in [0.717, 1.165) is 12.8 Å². The molecular weight excluding hydrogens is 188 g/mol. The van der Waals surface area contributed by atoms with Crippen molar-refractivity contribution in [2.24, 2.45) is 5.92 Å². The monoisotopic (exact) mass is 204 g/mol. The molecule has 0 amide bonds. The Balaban J connectivity index is 2.32. The van der Waals surface area contributed by atoms with E-state index in [2.05, 4.69) is 19.1 Å². The largest absolute Gasteiger partial charge is 0.457 e. The molecule has 0 N–H and O–H groups in total. The maximum absolute atomic E-state index is 11.0. The number of ether oxygens (including phenoxy) is 1. The molecule has 2 atom stereocenters. The summed E-state index contributed by atoms with van der Waals surface area (Å²) in [6.07, 6.45) is 2.14. The lowest BCUT2D eigenvalue weighted by Crippen LogP contribution is -2.22. The van der Waals surface area contributed by atoms with E-state index in [1.54, 1.807) is 0 Å². The van der Waals surface area contributed by atoms with E-state index in [1.807, 2.05) is 12.1 Å². The standard InChI is InChI=1S/C13H16O2/c1-9-7-8-11-5-3-4-6-12(11)13(9)15-10(2)14/h3-6,9,13H,7-8H2,1-2H3/t9-,13-/m0/s1. The van der Waals surface area contributed by atoms with Crippen LogP contribution in [0.15, 0.2) is 24.3 Å². The fourth-order valence-corrected chi connectivity index (χ4v) is 2.24. The van der Waals surface area contributed by atoms with E-state index in [-0.39, 0.29) is 12.1 Å². The molecule has 0 saturated carbocycles. The molecule has 0 saturated heterocycles. The fraction of sp³-hybridized carbons (Fsp3) is 0.462. The zero-order chi connectivity index (χ0) is 10.8. The van der Waals surface area contributed by atoms with Gasteiger partial charge in [0.25, 0.3) is 0 Å². The van der Waals surface area contributed by atoms with Crippen LogP contribution >= 0.6 is 0 Å². The van der Waals surface area contributed by atoms with Crippen molar-refractivity contribution < 1.29 is 9.53 Å². The minimum Gasteiger partial charge on any atom is -0.457 e. The summed E-state index contributed by atoms with van der Waals surface area (Å²) in [4.78, 5) is 11.0. The molecule has 1 aliphatic rings. The average molecular weight is 204 g/mol. The van der Waals surface area contributed by atoms with Gasteiger partial charge in [-0.05, 0) is 29.9 Å². The Kier molecular flexibility index (Phi) is 2.76. The van der Waals surface area contributed by atoms with Gasteiger partial charge in [-0.25, -0.2) is 0 Å². The van der Waals surface area contributed by atoms with Crippen LogP contribution in [-0.4, -0.2) is 5.97 Å². The number of aryl methyl sites for hydroxylation is 1. The summed E-state index contributed by atoms with van der Waals surface area (Å²) in [6, 6.07) is 8.24. The molecule has 2 rings (SSSR count). The molecule has 15 heavy (non-hydrogen) atoms. The van der Waals surface area contributed by atoms with Gasteiger partial charge in [0, 0.05) is 6.92 Å². The van der Waals surface area contributed by atoms with E-state index in [0.29, 0.717) is 5.92 Å². The molecule has 2 heteroatoms. The predicted octanol–water partition coefficient (Wildman–Crippen LogP) is 2.87. The van der Waals surface area contributed by atoms with Gasteiger partial charge < -0.3 is 4.74 Å². The molecule has 0 unspecified atom stereocenters. The zero-order valence-corrected chi connectivity index (χ0v) is 9.19. The summed E-state index contributed by atoms with van der Waals surface area (Å²) < 4.78 is 5.39.